The van der Waals surface area contributed by atoms with Crippen molar-refractivity contribution in [2.45, 2.75) is 51.4 Å². The number of hydrogen-bond acceptors (Lipinski definition) is 1. The summed E-state index contributed by atoms with van der Waals surface area (Å²) in [6.45, 7) is 2.42. The summed E-state index contributed by atoms with van der Waals surface area (Å²) in [5, 5.41) is 3.55. The van der Waals surface area contributed by atoms with E-state index in [2.05, 4.69) is 11.4 Å². The highest BCUT2D eigenvalue weighted by Gasteiger charge is 2.49. The molecule has 0 spiro atoms. The minimum atomic E-state index is 0.656. The van der Waals surface area contributed by atoms with E-state index in [1.807, 2.05) is 0 Å². The second kappa shape index (κ2) is 3.85. The largest absolute Gasteiger partial charge is 0.313 e. The molecule has 0 radical (unpaired) electrons. The van der Waals surface area contributed by atoms with Crippen LogP contribution in [0.2, 0.25) is 0 Å². The normalized spacial score (nSPS) is 51.1. The van der Waals surface area contributed by atoms with Crippen LogP contribution in [-0.4, -0.2) is 13.1 Å². The zero-order valence-electron chi connectivity index (χ0n) is 10.9. The van der Waals surface area contributed by atoms with Crippen LogP contribution in [0.5, 0.6) is 0 Å². The first-order valence-corrected chi connectivity index (χ1v) is 7.73. The summed E-state index contributed by atoms with van der Waals surface area (Å²) in [6.07, 6.45) is 14.8. The van der Waals surface area contributed by atoms with Crippen molar-refractivity contribution in [1.29, 1.82) is 0 Å². The first-order valence-electron chi connectivity index (χ1n) is 7.73. The SMILES string of the molecule is C(=C1/CCCNC1)/C12CC3CC(CC(C3)C1)C2. The zero-order valence-corrected chi connectivity index (χ0v) is 10.9. The average Bonchev–Trinajstić information content (AvgIpc) is 2.27. The van der Waals surface area contributed by atoms with Crippen molar-refractivity contribution in [1.82, 2.24) is 5.32 Å². The number of nitrogens with one attached hydrogen (secondary N) is 1. The first-order chi connectivity index (χ1) is 8.31. The van der Waals surface area contributed by atoms with Crippen molar-refractivity contribution in [3.05, 3.63) is 11.6 Å². The molecule has 1 N–H and O–H groups in total. The van der Waals surface area contributed by atoms with E-state index in [-0.39, 0.29) is 0 Å². The van der Waals surface area contributed by atoms with Gasteiger partial charge in [0.25, 0.3) is 0 Å². The van der Waals surface area contributed by atoms with Crippen LogP contribution < -0.4 is 5.32 Å². The third kappa shape index (κ3) is 1.87. The predicted octanol–water partition coefficient (Wildman–Crippen LogP) is 3.51. The topological polar surface area (TPSA) is 12.0 Å². The Morgan fingerprint density at radius 2 is 1.65 bits per heavy atom. The van der Waals surface area contributed by atoms with Gasteiger partial charge in [-0.05, 0) is 81.1 Å². The highest BCUT2D eigenvalue weighted by atomic mass is 14.9. The van der Waals surface area contributed by atoms with Gasteiger partial charge in [-0.25, -0.2) is 0 Å². The van der Waals surface area contributed by atoms with Crippen LogP contribution >= 0.6 is 0 Å². The molecule has 5 rings (SSSR count). The Kier molecular flexibility index (Phi) is 2.40. The molecule has 4 saturated carbocycles. The van der Waals surface area contributed by atoms with Gasteiger partial charge in [-0.1, -0.05) is 11.6 Å². The van der Waals surface area contributed by atoms with Gasteiger partial charge in [0.15, 0.2) is 0 Å². The lowest BCUT2D eigenvalue weighted by Crippen LogP contribution is -2.45. The fraction of sp³-hybridized carbons (Fsp3) is 0.875. The maximum atomic E-state index is 3.55. The van der Waals surface area contributed by atoms with Gasteiger partial charge in [0, 0.05) is 6.54 Å². The minimum absolute atomic E-state index is 0.656. The summed E-state index contributed by atoms with van der Waals surface area (Å²) in [5.74, 6) is 3.28. The maximum absolute atomic E-state index is 3.55. The monoisotopic (exact) mass is 231 g/mol. The van der Waals surface area contributed by atoms with Gasteiger partial charge in [0.05, 0.1) is 0 Å². The molecule has 1 aliphatic heterocycles. The quantitative estimate of drug-likeness (QED) is 0.681. The Morgan fingerprint density at radius 1 is 1.00 bits per heavy atom. The van der Waals surface area contributed by atoms with Gasteiger partial charge in [-0.3, -0.25) is 0 Å². The number of hydrogen-bond donors (Lipinski definition) is 1. The molecular weight excluding hydrogens is 206 g/mol. The molecule has 5 fully saturated rings. The third-order valence-corrected chi connectivity index (χ3v) is 5.80. The fourth-order valence-corrected chi connectivity index (χ4v) is 5.69. The van der Waals surface area contributed by atoms with Crippen molar-refractivity contribution in [3.63, 3.8) is 0 Å². The van der Waals surface area contributed by atoms with E-state index in [1.54, 1.807) is 24.8 Å². The van der Waals surface area contributed by atoms with E-state index < -0.39 is 0 Å². The van der Waals surface area contributed by atoms with Crippen LogP contribution in [0.1, 0.15) is 51.4 Å². The molecule has 0 aromatic carbocycles. The Hall–Kier alpha value is -0.300. The summed E-state index contributed by atoms with van der Waals surface area (Å²) < 4.78 is 0. The number of piperidine rings is 1. The summed E-state index contributed by atoms with van der Waals surface area (Å²) in [7, 11) is 0. The third-order valence-electron chi connectivity index (χ3n) is 5.80. The molecule has 17 heavy (non-hydrogen) atoms. The molecule has 0 atom stereocenters. The molecule has 94 valence electrons. The van der Waals surface area contributed by atoms with Gasteiger partial charge in [0.1, 0.15) is 0 Å². The Labute approximate surface area is 105 Å². The average molecular weight is 231 g/mol. The second-order valence-electron chi connectivity index (χ2n) is 7.36. The van der Waals surface area contributed by atoms with Crippen LogP contribution in [0.15, 0.2) is 11.6 Å². The van der Waals surface area contributed by atoms with E-state index in [4.69, 9.17) is 0 Å². The van der Waals surface area contributed by atoms with Crippen LogP contribution in [-0.2, 0) is 0 Å². The molecule has 0 aromatic rings. The van der Waals surface area contributed by atoms with Gasteiger partial charge in [0.2, 0.25) is 0 Å². The Bertz CT molecular complexity index is 298. The van der Waals surface area contributed by atoms with Gasteiger partial charge < -0.3 is 5.32 Å². The summed E-state index contributed by atoms with van der Waals surface area (Å²) in [4.78, 5) is 0. The van der Waals surface area contributed by atoms with E-state index in [0.717, 1.165) is 17.8 Å². The summed E-state index contributed by atoms with van der Waals surface area (Å²) in [6, 6.07) is 0. The lowest BCUT2D eigenvalue weighted by Gasteiger charge is -2.56. The molecule has 0 aromatic heterocycles. The lowest BCUT2D eigenvalue weighted by molar-refractivity contribution is -0.0243. The van der Waals surface area contributed by atoms with Crippen molar-refractivity contribution in [3.8, 4) is 0 Å². The van der Waals surface area contributed by atoms with Crippen LogP contribution in [0.3, 0.4) is 0 Å². The van der Waals surface area contributed by atoms with E-state index in [9.17, 15) is 0 Å². The molecule has 1 saturated heterocycles. The number of rotatable bonds is 1. The predicted molar refractivity (Wildman–Crippen MR) is 70.8 cm³/mol. The van der Waals surface area contributed by atoms with E-state index >= 15 is 0 Å². The first kappa shape index (κ1) is 10.6. The molecule has 0 unspecified atom stereocenters. The molecule has 4 bridgehead atoms. The Morgan fingerprint density at radius 3 is 2.18 bits per heavy atom. The van der Waals surface area contributed by atoms with Crippen molar-refractivity contribution in [2.75, 3.05) is 13.1 Å². The van der Waals surface area contributed by atoms with Crippen LogP contribution in [0.25, 0.3) is 0 Å². The molecule has 1 heteroatoms. The molecule has 5 aliphatic rings. The standard InChI is InChI=1S/C16H25N/c1-2-12(11-17-3-1)7-16-8-13-4-14(9-16)6-15(5-13)10-16/h7,13-15,17H,1-6,8-11H2/b12-7+. The second-order valence-corrected chi connectivity index (χ2v) is 7.36. The number of allylic oxidation sites excluding steroid dienone is 1. The van der Waals surface area contributed by atoms with Crippen molar-refractivity contribution >= 4 is 0 Å². The molecule has 1 nitrogen and oxygen atoms in total. The van der Waals surface area contributed by atoms with Crippen LogP contribution in [0.4, 0.5) is 0 Å². The zero-order chi connectivity index (χ0) is 11.3. The molecular formula is C16H25N. The van der Waals surface area contributed by atoms with E-state index in [0.29, 0.717) is 5.41 Å². The van der Waals surface area contributed by atoms with Gasteiger partial charge in [-0.15, -0.1) is 0 Å². The fourth-order valence-electron chi connectivity index (χ4n) is 5.69. The molecule has 0 amide bonds. The smallest absolute Gasteiger partial charge is 0.0164 e. The summed E-state index contributed by atoms with van der Waals surface area (Å²) >= 11 is 0. The Balaban J connectivity index is 1.59. The maximum Gasteiger partial charge on any atom is 0.0164 e. The molecule has 1 heterocycles. The summed E-state index contributed by atoms with van der Waals surface area (Å²) in [5.41, 5.74) is 2.39. The highest BCUT2D eigenvalue weighted by molar-refractivity contribution is 5.18. The van der Waals surface area contributed by atoms with Gasteiger partial charge in [-0.2, -0.15) is 0 Å². The highest BCUT2D eigenvalue weighted by Crippen LogP contribution is 2.60. The van der Waals surface area contributed by atoms with Crippen molar-refractivity contribution < 1.29 is 0 Å². The van der Waals surface area contributed by atoms with Gasteiger partial charge >= 0.3 is 0 Å². The molecule has 4 aliphatic carbocycles. The lowest BCUT2D eigenvalue weighted by atomic mass is 9.49. The van der Waals surface area contributed by atoms with Crippen molar-refractivity contribution in [2.24, 2.45) is 23.2 Å². The van der Waals surface area contributed by atoms with Crippen LogP contribution in [0, 0.1) is 23.2 Å². The van der Waals surface area contributed by atoms with E-state index in [1.165, 1.54) is 45.2 Å². The minimum Gasteiger partial charge on any atom is -0.313 e.